The van der Waals surface area contributed by atoms with E-state index in [2.05, 4.69) is 16.8 Å². The fraction of sp³-hybridized carbons (Fsp3) is 0.545. The Hall–Kier alpha value is -0.830. The highest BCUT2D eigenvalue weighted by atomic mass is 35.5. The normalized spacial score (nSPS) is 21.0. The van der Waals surface area contributed by atoms with Crippen LogP contribution >= 0.6 is 11.6 Å². The topological polar surface area (TPSA) is 16.1 Å². The van der Waals surface area contributed by atoms with Crippen LogP contribution in [0.5, 0.6) is 0 Å². The molecule has 2 nitrogen and oxygen atoms in total. The lowest BCUT2D eigenvalue weighted by Crippen LogP contribution is -2.21. The van der Waals surface area contributed by atoms with E-state index in [4.69, 9.17) is 11.6 Å². The first-order valence-corrected chi connectivity index (χ1v) is 5.69. The monoisotopic (exact) mass is 228 g/mol. The molecule has 0 aromatic carbocycles. The predicted octanol–water partition coefficient (Wildman–Crippen LogP) is 2.81. The maximum absolute atomic E-state index is 13.0. The van der Waals surface area contributed by atoms with E-state index in [1.165, 1.54) is 18.7 Å². The van der Waals surface area contributed by atoms with Crippen LogP contribution in [0.2, 0.25) is 0 Å². The van der Waals surface area contributed by atoms with Crippen LogP contribution in [-0.4, -0.2) is 18.1 Å². The van der Waals surface area contributed by atoms with Crippen molar-refractivity contribution in [3.05, 3.63) is 23.6 Å². The number of aromatic nitrogens is 1. The Morgan fingerprint density at radius 1 is 1.67 bits per heavy atom. The first-order chi connectivity index (χ1) is 7.20. The Bertz CT molecular complexity index is 356. The second-order valence-electron chi connectivity index (χ2n) is 4.11. The summed E-state index contributed by atoms with van der Waals surface area (Å²) in [5, 5.41) is 0. The zero-order valence-electron chi connectivity index (χ0n) is 8.71. The summed E-state index contributed by atoms with van der Waals surface area (Å²) in [6.07, 6.45) is 2.43. The van der Waals surface area contributed by atoms with Crippen molar-refractivity contribution in [3.8, 4) is 0 Å². The molecule has 0 bridgehead atoms. The molecule has 0 radical (unpaired) electrons. The van der Waals surface area contributed by atoms with Gasteiger partial charge in [0.1, 0.15) is 11.6 Å². The maximum Gasteiger partial charge on any atom is 0.141 e. The molecular weight excluding hydrogens is 215 g/mol. The Balaban J connectivity index is 2.27. The van der Waals surface area contributed by atoms with Gasteiger partial charge in [0.25, 0.3) is 0 Å². The summed E-state index contributed by atoms with van der Waals surface area (Å²) in [6, 6.07) is 1.47. The highest BCUT2D eigenvalue weighted by Crippen LogP contribution is 2.26. The Morgan fingerprint density at radius 2 is 2.47 bits per heavy atom. The summed E-state index contributed by atoms with van der Waals surface area (Å²) in [7, 11) is 0. The van der Waals surface area contributed by atoms with Crippen LogP contribution in [-0.2, 0) is 5.88 Å². The summed E-state index contributed by atoms with van der Waals surface area (Å²) < 4.78 is 13.0. The second kappa shape index (κ2) is 4.35. The van der Waals surface area contributed by atoms with Gasteiger partial charge in [-0.15, -0.1) is 11.6 Å². The SMILES string of the molecule is CC1CCN(c2ncc(F)cc2CCl)C1. The molecule has 0 amide bonds. The average Bonchev–Trinajstić information content (AvgIpc) is 2.64. The van der Waals surface area contributed by atoms with Crippen molar-refractivity contribution < 1.29 is 4.39 Å². The molecular formula is C11H14ClFN2. The molecule has 2 rings (SSSR count). The van der Waals surface area contributed by atoms with Crippen LogP contribution in [0.25, 0.3) is 0 Å². The number of alkyl halides is 1. The van der Waals surface area contributed by atoms with Gasteiger partial charge in [0, 0.05) is 18.7 Å². The van der Waals surface area contributed by atoms with E-state index >= 15 is 0 Å². The van der Waals surface area contributed by atoms with Crippen LogP contribution in [0.15, 0.2) is 12.3 Å². The molecule has 82 valence electrons. The molecule has 0 aliphatic carbocycles. The van der Waals surface area contributed by atoms with Crippen molar-refractivity contribution in [1.29, 1.82) is 0 Å². The van der Waals surface area contributed by atoms with E-state index in [1.807, 2.05) is 0 Å². The number of hydrogen-bond donors (Lipinski definition) is 0. The number of rotatable bonds is 2. The van der Waals surface area contributed by atoms with Crippen LogP contribution in [0, 0.1) is 11.7 Å². The lowest BCUT2D eigenvalue weighted by Gasteiger charge is -2.19. The second-order valence-corrected chi connectivity index (χ2v) is 4.38. The predicted molar refractivity (Wildman–Crippen MR) is 59.7 cm³/mol. The van der Waals surface area contributed by atoms with Crippen LogP contribution < -0.4 is 4.90 Å². The Labute approximate surface area is 94.1 Å². The highest BCUT2D eigenvalue weighted by Gasteiger charge is 2.21. The van der Waals surface area contributed by atoms with Gasteiger partial charge in [0.2, 0.25) is 0 Å². The minimum Gasteiger partial charge on any atom is -0.356 e. The van der Waals surface area contributed by atoms with E-state index in [9.17, 15) is 4.39 Å². The molecule has 1 aromatic rings. The van der Waals surface area contributed by atoms with E-state index in [0.717, 1.165) is 24.5 Å². The first-order valence-electron chi connectivity index (χ1n) is 5.16. The average molecular weight is 229 g/mol. The quantitative estimate of drug-likeness (QED) is 0.724. The third kappa shape index (κ3) is 2.23. The molecule has 1 aliphatic rings. The van der Waals surface area contributed by atoms with Crippen molar-refractivity contribution in [3.63, 3.8) is 0 Å². The van der Waals surface area contributed by atoms with E-state index in [1.54, 1.807) is 0 Å². The number of halogens is 2. The van der Waals surface area contributed by atoms with Crippen LogP contribution in [0.3, 0.4) is 0 Å². The molecule has 0 N–H and O–H groups in total. The standard InChI is InChI=1S/C11H14ClFN2/c1-8-2-3-15(7-8)11-9(5-12)4-10(13)6-14-11/h4,6,8H,2-3,5,7H2,1H3. The third-order valence-electron chi connectivity index (χ3n) is 2.78. The zero-order chi connectivity index (χ0) is 10.8. The van der Waals surface area contributed by atoms with E-state index in [-0.39, 0.29) is 5.82 Å². The van der Waals surface area contributed by atoms with Gasteiger partial charge in [0.15, 0.2) is 0 Å². The molecule has 0 spiro atoms. The number of pyridine rings is 1. The minimum atomic E-state index is -0.318. The Morgan fingerprint density at radius 3 is 3.07 bits per heavy atom. The number of nitrogens with zero attached hydrogens (tertiary/aromatic N) is 2. The molecule has 0 saturated carbocycles. The lowest BCUT2D eigenvalue weighted by atomic mass is 10.2. The first kappa shape index (κ1) is 10.7. The summed E-state index contributed by atoms with van der Waals surface area (Å²) in [5.74, 6) is 1.52. The van der Waals surface area contributed by atoms with Gasteiger partial charge in [-0.05, 0) is 18.4 Å². The van der Waals surface area contributed by atoms with Gasteiger partial charge in [0.05, 0.1) is 12.1 Å². The van der Waals surface area contributed by atoms with E-state index in [0.29, 0.717) is 11.8 Å². The van der Waals surface area contributed by atoms with Gasteiger partial charge in [-0.2, -0.15) is 0 Å². The number of anilines is 1. The van der Waals surface area contributed by atoms with Gasteiger partial charge < -0.3 is 4.90 Å². The molecule has 1 unspecified atom stereocenters. The zero-order valence-corrected chi connectivity index (χ0v) is 9.47. The van der Waals surface area contributed by atoms with Gasteiger partial charge in [-0.1, -0.05) is 6.92 Å². The molecule has 15 heavy (non-hydrogen) atoms. The minimum absolute atomic E-state index is 0.310. The summed E-state index contributed by atoms with van der Waals surface area (Å²) in [6.45, 7) is 4.19. The van der Waals surface area contributed by atoms with Gasteiger partial charge >= 0.3 is 0 Å². The third-order valence-corrected chi connectivity index (χ3v) is 3.06. The molecule has 2 heterocycles. The van der Waals surface area contributed by atoms with Crippen molar-refractivity contribution in [1.82, 2.24) is 4.98 Å². The molecule has 4 heteroatoms. The summed E-state index contributed by atoms with van der Waals surface area (Å²) in [4.78, 5) is 6.31. The smallest absolute Gasteiger partial charge is 0.141 e. The summed E-state index contributed by atoms with van der Waals surface area (Å²) >= 11 is 5.79. The summed E-state index contributed by atoms with van der Waals surface area (Å²) in [5.41, 5.74) is 0.783. The number of hydrogen-bond acceptors (Lipinski definition) is 2. The van der Waals surface area contributed by atoms with Crippen LogP contribution in [0.1, 0.15) is 18.9 Å². The fourth-order valence-corrected chi connectivity index (χ4v) is 2.18. The molecule has 1 fully saturated rings. The molecule has 1 aromatic heterocycles. The maximum atomic E-state index is 13.0. The van der Waals surface area contributed by atoms with Crippen LogP contribution in [0.4, 0.5) is 10.2 Å². The Kier molecular flexibility index (Phi) is 3.10. The highest BCUT2D eigenvalue weighted by molar-refractivity contribution is 6.17. The van der Waals surface area contributed by atoms with Crippen molar-refractivity contribution in [2.45, 2.75) is 19.2 Å². The van der Waals surface area contributed by atoms with Crippen molar-refractivity contribution >= 4 is 17.4 Å². The molecule has 1 aliphatic heterocycles. The van der Waals surface area contributed by atoms with Crippen molar-refractivity contribution in [2.24, 2.45) is 5.92 Å². The van der Waals surface area contributed by atoms with Gasteiger partial charge in [-0.25, -0.2) is 9.37 Å². The largest absolute Gasteiger partial charge is 0.356 e. The lowest BCUT2D eigenvalue weighted by molar-refractivity contribution is 0.618. The fourth-order valence-electron chi connectivity index (χ4n) is 1.98. The van der Waals surface area contributed by atoms with Gasteiger partial charge in [-0.3, -0.25) is 0 Å². The van der Waals surface area contributed by atoms with Crippen molar-refractivity contribution in [2.75, 3.05) is 18.0 Å². The molecule has 1 saturated heterocycles. The molecule has 1 atom stereocenters. The van der Waals surface area contributed by atoms with E-state index < -0.39 is 0 Å².